The molecule has 1 amide bonds. The lowest BCUT2D eigenvalue weighted by atomic mass is 9.98. The van der Waals surface area contributed by atoms with Gasteiger partial charge in [-0.1, -0.05) is 36.4 Å². The highest BCUT2D eigenvalue weighted by Gasteiger charge is 2.14. The predicted octanol–water partition coefficient (Wildman–Crippen LogP) is 2.70. The molecule has 0 spiro atoms. The number of ether oxygens (including phenoxy) is 1. The van der Waals surface area contributed by atoms with Crippen molar-refractivity contribution in [2.24, 2.45) is 0 Å². The molecule has 0 aliphatic carbocycles. The number of carbonyl (C=O) groups is 3. The van der Waals surface area contributed by atoms with E-state index in [0.29, 0.717) is 5.56 Å². The summed E-state index contributed by atoms with van der Waals surface area (Å²) >= 11 is 0. The van der Waals surface area contributed by atoms with Crippen LogP contribution in [0.15, 0.2) is 42.5 Å². The Morgan fingerprint density at radius 1 is 0.923 bits per heavy atom. The van der Waals surface area contributed by atoms with Gasteiger partial charge < -0.3 is 10.1 Å². The monoisotopic (exact) mass is 353 g/mol. The molecule has 0 saturated carbocycles. The minimum atomic E-state index is -0.638. The van der Waals surface area contributed by atoms with E-state index in [4.69, 9.17) is 4.74 Å². The van der Waals surface area contributed by atoms with Crippen molar-refractivity contribution >= 4 is 17.7 Å². The summed E-state index contributed by atoms with van der Waals surface area (Å²) in [6.45, 7) is 5.17. The molecule has 0 radical (unpaired) electrons. The van der Waals surface area contributed by atoms with Gasteiger partial charge in [0.1, 0.15) is 6.54 Å². The molecule has 136 valence electrons. The van der Waals surface area contributed by atoms with E-state index in [-0.39, 0.29) is 31.3 Å². The van der Waals surface area contributed by atoms with Crippen molar-refractivity contribution in [2.45, 2.75) is 27.2 Å². The topological polar surface area (TPSA) is 72.5 Å². The molecule has 0 aromatic heterocycles. The van der Waals surface area contributed by atoms with Crippen molar-refractivity contribution in [1.29, 1.82) is 0 Å². The number of carbonyl (C=O) groups excluding carboxylic acids is 3. The third-order valence-corrected chi connectivity index (χ3v) is 4.14. The largest absolute Gasteiger partial charge is 0.456 e. The Labute approximate surface area is 153 Å². The van der Waals surface area contributed by atoms with Gasteiger partial charge in [-0.2, -0.15) is 0 Å². The molecule has 26 heavy (non-hydrogen) atoms. The first kappa shape index (κ1) is 19.4. The van der Waals surface area contributed by atoms with Crippen LogP contribution in [0.5, 0.6) is 0 Å². The minimum Gasteiger partial charge on any atom is -0.456 e. The van der Waals surface area contributed by atoms with Crippen LogP contribution in [0.4, 0.5) is 0 Å². The molecule has 0 fully saturated rings. The standard InChI is InChI=1S/C21H23NO4/c1-14-9-16(3)18(10-15(14)2)19(23)13-26-21(25)12-22-20(24)11-17-7-5-4-6-8-17/h4-10H,11-13H2,1-3H3,(H,22,24). The van der Waals surface area contributed by atoms with E-state index in [2.05, 4.69) is 5.32 Å². The molecule has 0 atom stereocenters. The van der Waals surface area contributed by atoms with E-state index in [1.165, 1.54) is 0 Å². The predicted molar refractivity (Wildman–Crippen MR) is 99.1 cm³/mol. The second-order valence-electron chi connectivity index (χ2n) is 6.27. The van der Waals surface area contributed by atoms with Gasteiger partial charge in [0.15, 0.2) is 6.61 Å². The number of esters is 1. The van der Waals surface area contributed by atoms with Gasteiger partial charge in [0.05, 0.1) is 6.42 Å². The molecule has 0 bridgehead atoms. The van der Waals surface area contributed by atoms with E-state index < -0.39 is 5.97 Å². The quantitative estimate of drug-likeness (QED) is 0.614. The summed E-state index contributed by atoms with van der Waals surface area (Å²) in [5.41, 5.74) is 4.38. The van der Waals surface area contributed by atoms with Crippen molar-refractivity contribution in [3.63, 3.8) is 0 Å². The molecule has 2 aromatic carbocycles. The molecule has 0 heterocycles. The lowest BCUT2D eigenvalue weighted by molar-refractivity contribution is -0.142. The normalized spacial score (nSPS) is 10.3. The molecule has 0 unspecified atom stereocenters. The number of amides is 1. The number of ketones is 1. The zero-order chi connectivity index (χ0) is 19.1. The molecule has 2 aromatic rings. The summed E-state index contributed by atoms with van der Waals surface area (Å²) in [6, 6.07) is 13.0. The first-order valence-electron chi connectivity index (χ1n) is 8.44. The van der Waals surface area contributed by atoms with Gasteiger partial charge in [0.25, 0.3) is 0 Å². The van der Waals surface area contributed by atoms with Crippen LogP contribution in [0.2, 0.25) is 0 Å². The van der Waals surface area contributed by atoms with Crippen molar-refractivity contribution < 1.29 is 19.1 Å². The summed E-state index contributed by atoms with van der Waals surface area (Å²) in [5.74, 6) is -1.17. The van der Waals surface area contributed by atoms with E-state index >= 15 is 0 Å². The Morgan fingerprint density at radius 2 is 1.58 bits per heavy atom. The summed E-state index contributed by atoms with van der Waals surface area (Å²) in [4.78, 5) is 35.8. The summed E-state index contributed by atoms with van der Waals surface area (Å²) in [5, 5.41) is 2.50. The fraction of sp³-hybridized carbons (Fsp3) is 0.286. The van der Waals surface area contributed by atoms with Gasteiger partial charge in [-0.05, 0) is 49.1 Å². The molecule has 5 nitrogen and oxygen atoms in total. The fourth-order valence-corrected chi connectivity index (χ4v) is 2.55. The zero-order valence-corrected chi connectivity index (χ0v) is 15.3. The molecular formula is C21H23NO4. The van der Waals surface area contributed by atoms with E-state index in [0.717, 1.165) is 22.3 Å². The van der Waals surface area contributed by atoms with Crippen LogP contribution in [0.3, 0.4) is 0 Å². The molecule has 5 heteroatoms. The highest BCUT2D eigenvalue weighted by atomic mass is 16.5. The number of nitrogens with one attached hydrogen (secondary N) is 1. The molecular weight excluding hydrogens is 330 g/mol. The fourth-order valence-electron chi connectivity index (χ4n) is 2.55. The second kappa shape index (κ2) is 8.94. The second-order valence-corrected chi connectivity index (χ2v) is 6.27. The molecule has 0 aliphatic rings. The Hall–Kier alpha value is -2.95. The average molecular weight is 353 g/mol. The van der Waals surface area contributed by atoms with Gasteiger partial charge in [-0.25, -0.2) is 0 Å². The maximum atomic E-state index is 12.2. The van der Waals surface area contributed by atoms with Crippen molar-refractivity contribution in [2.75, 3.05) is 13.2 Å². The Kier molecular flexibility index (Phi) is 6.67. The minimum absolute atomic E-state index is 0.189. The molecule has 2 rings (SSSR count). The first-order valence-corrected chi connectivity index (χ1v) is 8.44. The van der Waals surface area contributed by atoms with Crippen LogP contribution in [0.1, 0.15) is 32.6 Å². The van der Waals surface area contributed by atoms with Gasteiger partial charge in [0, 0.05) is 5.56 Å². The third kappa shape index (κ3) is 5.55. The summed E-state index contributed by atoms with van der Waals surface area (Å²) in [7, 11) is 0. The number of hydrogen-bond donors (Lipinski definition) is 1. The molecule has 0 aliphatic heterocycles. The van der Waals surface area contributed by atoms with Crippen molar-refractivity contribution in [1.82, 2.24) is 5.32 Å². The number of aryl methyl sites for hydroxylation is 3. The van der Waals surface area contributed by atoms with Crippen LogP contribution in [0, 0.1) is 20.8 Å². The van der Waals surface area contributed by atoms with Crippen LogP contribution in [-0.2, 0) is 20.7 Å². The van der Waals surface area contributed by atoms with Gasteiger partial charge >= 0.3 is 5.97 Å². The van der Waals surface area contributed by atoms with Crippen LogP contribution < -0.4 is 5.32 Å². The van der Waals surface area contributed by atoms with E-state index in [9.17, 15) is 14.4 Å². The molecule has 0 saturated heterocycles. The van der Waals surface area contributed by atoms with Crippen molar-refractivity contribution in [3.8, 4) is 0 Å². The number of Topliss-reactive ketones (excluding diaryl/α,β-unsaturated/α-hetero) is 1. The lowest BCUT2D eigenvalue weighted by Gasteiger charge is -2.10. The molecule has 1 N–H and O–H groups in total. The highest BCUT2D eigenvalue weighted by Crippen LogP contribution is 2.16. The lowest BCUT2D eigenvalue weighted by Crippen LogP contribution is -2.32. The zero-order valence-electron chi connectivity index (χ0n) is 15.3. The maximum Gasteiger partial charge on any atom is 0.325 e. The van der Waals surface area contributed by atoms with Crippen LogP contribution in [-0.4, -0.2) is 30.8 Å². The summed E-state index contributed by atoms with van der Waals surface area (Å²) in [6.07, 6.45) is 0.189. The number of rotatable bonds is 7. The van der Waals surface area contributed by atoms with E-state index in [1.807, 2.05) is 63.2 Å². The van der Waals surface area contributed by atoms with Gasteiger partial charge in [0.2, 0.25) is 11.7 Å². The van der Waals surface area contributed by atoms with Crippen molar-refractivity contribution in [3.05, 3.63) is 70.3 Å². The van der Waals surface area contributed by atoms with Crippen LogP contribution in [0.25, 0.3) is 0 Å². The summed E-state index contributed by atoms with van der Waals surface area (Å²) < 4.78 is 4.98. The van der Waals surface area contributed by atoms with E-state index in [1.54, 1.807) is 0 Å². The third-order valence-electron chi connectivity index (χ3n) is 4.14. The Morgan fingerprint density at radius 3 is 2.27 bits per heavy atom. The van der Waals surface area contributed by atoms with Gasteiger partial charge in [-0.3, -0.25) is 14.4 Å². The number of hydrogen-bond acceptors (Lipinski definition) is 4. The van der Waals surface area contributed by atoms with Gasteiger partial charge in [-0.15, -0.1) is 0 Å². The SMILES string of the molecule is Cc1cc(C)c(C(=O)COC(=O)CNC(=O)Cc2ccccc2)cc1C. The maximum absolute atomic E-state index is 12.2. The first-order chi connectivity index (χ1) is 12.4. The number of benzene rings is 2. The Bertz CT molecular complexity index is 812. The average Bonchev–Trinajstić information content (AvgIpc) is 2.62. The highest BCUT2D eigenvalue weighted by molar-refractivity contribution is 5.99. The Balaban J connectivity index is 1.79. The van der Waals surface area contributed by atoms with Crippen LogP contribution >= 0.6 is 0 Å². The smallest absolute Gasteiger partial charge is 0.325 e.